The first-order valence-corrected chi connectivity index (χ1v) is 6.26. The minimum absolute atomic E-state index is 0.407. The summed E-state index contributed by atoms with van der Waals surface area (Å²) in [6, 6.07) is 1.44. The van der Waals surface area contributed by atoms with Gasteiger partial charge >= 0.3 is 0 Å². The summed E-state index contributed by atoms with van der Waals surface area (Å²) in [5.74, 6) is 0.738. The molecule has 1 aliphatic rings. The van der Waals surface area contributed by atoms with Crippen molar-refractivity contribution in [3.05, 3.63) is 0 Å². The molecule has 0 radical (unpaired) electrons. The first-order valence-electron chi connectivity index (χ1n) is 6.26. The van der Waals surface area contributed by atoms with E-state index >= 15 is 0 Å². The van der Waals surface area contributed by atoms with Crippen LogP contribution in [0.2, 0.25) is 0 Å². The Morgan fingerprint density at radius 1 is 1.40 bits per heavy atom. The van der Waals surface area contributed by atoms with E-state index in [1.807, 2.05) is 0 Å². The van der Waals surface area contributed by atoms with Crippen molar-refractivity contribution in [1.82, 2.24) is 10.2 Å². The molecule has 0 aromatic rings. The summed E-state index contributed by atoms with van der Waals surface area (Å²) >= 11 is 0. The Balaban J connectivity index is 2.32. The quantitative estimate of drug-likeness (QED) is 0.769. The van der Waals surface area contributed by atoms with Gasteiger partial charge in [-0.2, -0.15) is 0 Å². The van der Waals surface area contributed by atoms with E-state index in [1.54, 1.807) is 0 Å². The minimum Gasteiger partial charge on any atom is -0.312 e. The first-order chi connectivity index (χ1) is 6.83. The third-order valence-electron chi connectivity index (χ3n) is 4.30. The van der Waals surface area contributed by atoms with Crippen LogP contribution in [-0.2, 0) is 0 Å². The predicted molar refractivity (Wildman–Crippen MR) is 67.1 cm³/mol. The lowest BCUT2D eigenvalue weighted by Crippen LogP contribution is -2.40. The maximum absolute atomic E-state index is 3.72. The molecule has 2 unspecified atom stereocenters. The van der Waals surface area contributed by atoms with Crippen LogP contribution in [0.3, 0.4) is 0 Å². The summed E-state index contributed by atoms with van der Waals surface area (Å²) in [5, 5.41) is 3.72. The van der Waals surface area contributed by atoms with Gasteiger partial charge in [0.25, 0.3) is 0 Å². The predicted octanol–water partition coefficient (Wildman–Crippen LogP) is 2.35. The molecular weight excluding hydrogens is 184 g/mol. The zero-order valence-corrected chi connectivity index (χ0v) is 11.3. The number of likely N-dealkylation sites (tertiary alicyclic amines) is 1. The lowest BCUT2D eigenvalue weighted by Gasteiger charge is -2.31. The van der Waals surface area contributed by atoms with Gasteiger partial charge < -0.3 is 10.2 Å². The summed E-state index contributed by atoms with van der Waals surface area (Å²) in [6.45, 7) is 14.0. The highest BCUT2D eigenvalue weighted by Crippen LogP contribution is 2.25. The molecule has 2 nitrogen and oxygen atoms in total. The monoisotopic (exact) mass is 212 g/mol. The van der Waals surface area contributed by atoms with Crippen molar-refractivity contribution in [1.29, 1.82) is 0 Å². The molecule has 0 bridgehead atoms. The molecule has 2 atom stereocenters. The van der Waals surface area contributed by atoms with Crippen molar-refractivity contribution in [2.75, 3.05) is 20.1 Å². The maximum Gasteiger partial charge on any atom is 0.0210 e. The fourth-order valence-corrected chi connectivity index (χ4v) is 1.95. The molecule has 1 N–H and O–H groups in total. The van der Waals surface area contributed by atoms with E-state index in [9.17, 15) is 0 Å². The molecule has 15 heavy (non-hydrogen) atoms. The third kappa shape index (κ3) is 3.46. The standard InChI is InChI=1S/C13H28N2/c1-10(2)13(4,5)9-14-12-7-11(3)15(6)8-12/h10-12,14H,7-9H2,1-6H3. The summed E-state index contributed by atoms with van der Waals surface area (Å²) in [5.41, 5.74) is 0.407. The Morgan fingerprint density at radius 2 is 2.00 bits per heavy atom. The van der Waals surface area contributed by atoms with Crippen LogP contribution in [0.4, 0.5) is 0 Å². The Labute approximate surface area is 95.4 Å². The average Bonchev–Trinajstić information content (AvgIpc) is 2.43. The highest BCUT2D eigenvalue weighted by molar-refractivity contribution is 4.87. The fraction of sp³-hybridized carbons (Fsp3) is 1.00. The van der Waals surface area contributed by atoms with E-state index in [0.29, 0.717) is 11.5 Å². The zero-order valence-electron chi connectivity index (χ0n) is 11.3. The van der Waals surface area contributed by atoms with E-state index in [-0.39, 0.29) is 0 Å². The lowest BCUT2D eigenvalue weighted by molar-refractivity contribution is 0.228. The van der Waals surface area contributed by atoms with Crippen molar-refractivity contribution in [3.8, 4) is 0 Å². The highest BCUT2D eigenvalue weighted by Gasteiger charge is 2.28. The van der Waals surface area contributed by atoms with Crippen molar-refractivity contribution in [3.63, 3.8) is 0 Å². The topological polar surface area (TPSA) is 15.3 Å². The van der Waals surface area contributed by atoms with Crippen LogP contribution in [0.1, 0.15) is 41.0 Å². The van der Waals surface area contributed by atoms with E-state index in [2.05, 4.69) is 51.9 Å². The van der Waals surface area contributed by atoms with E-state index in [1.165, 1.54) is 13.0 Å². The highest BCUT2D eigenvalue weighted by atomic mass is 15.2. The van der Waals surface area contributed by atoms with Crippen LogP contribution in [0.25, 0.3) is 0 Å². The molecule has 0 aliphatic carbocycles. The molecule has 0 amide bonds. The largest absolute Gasteiger partial charge is 0.312 e. The molecule has 0 aromatic heterocycles. The molecule has 0 spiro atoms. The Bertz CT molecular complexity index is 189. The van der Waals surface area contributed by atoms with Gasteiger partial charge in [-0.3, -0.25) is 0 Å². The molecule has 1 rings (SSSR count). The minimum atomic E-state index is 0.407. The molecule has 1 aliphatic heterocycles. The van der Waals surface area contributed by atoms with Crippen LogP contribution in [-0.4, -0.2) is 37.1 Å². The van der Waals surface area contributed by atoms with Gasteiger partial charge in [-0.05, 0) is 31.7 Å². The van der Waals surface area contributed by atoms with Gasteiger partial charge in [-0.15, -0.1) is 0 Å². The summed E-state index contributed by atoms with van der Waals surface area (Å²) < 4.78 is 0. The lowest BCUT2D eigenvalue weighted by atomic mass is 9.81. The Hall–Kier alpha value is -0.0800. The summed E-state index contributed by atoms with van der Waals surface area (Å²) in [7, 11) is 2.22. The molecule has 1 heterocycles. The van der Waals surface area contributed by atoms with Gasteiger partial charge in [0.2, 0.25) is 0 Å². The molecule has 0 saturated carbocycles. The number of nitrogens with one attached hydrogen (secondary N) is 1. The van der Waals surface area contributed by atoms with Crippen LogP contribution < -0.4 is 5.32 Å². The van der Waals surface area contributed by atoms with Gasteiger partial charge in [0.15, 0.2) is 0 Å². The summed E-state index contributed by atoms with van der Waals surface area (Å²) in [6.07, 6.45) is 1.30. The molecule has 0 aromatic carbocycles. The van der Waals surface area contributed by atoms with Gasteiger partial charge in [-0.25, -0.2) is 0 Å². The number of nitrogens with zero attached hydrogens (tertiary/aromatic N) is 1. The summed E-state index contributed by atoms with van der Waals surface area (Å²) in [4.78, 5) is 2.44. The number of likely N-dealkylation sites (N-methyl/N-ethyl adjacent to an activating group) is 1. The van der Waals surface area contributed by atoms with E-state index in [4.69, 9.17) is 0 Å². The smallest absolute Gasteiger partial charge is 0.0210 e. The molecule has 90 valence electrons. The zero-order chi connectivity index (χ0) is 11.6. The number of rotatable bonds is 4. The second-order valence-corrected chi connectivity index (χ2v) is 6.25. The normalized spacial score (nSPS) is 29.0. The van der Waals surface area contributed by atoms with Crippen LogP contribution in [0, 0.1) is 11.3 Å². The van der Waals surface area contributed by atoms with Crippen LogP contribution >= 0.6 is 0 Å². The van der Waals surface area contributed by atoms with Gasteiger partial charge in [0, 0.05) is 25.2 Å². The van der Waals surface area contributed by atoms with E-state index in [0.717, 1.165) is 18.5 Å². The van der Waals surface area contributed by atoms with Gasteiger partial charge in [-0.1, -0.05) is 27.7 Å². The van der Waals surface area contributed by atoms with Crippen LogP contribution in [0.15, 0.2) is 0 Å². The first kappa shape index (κ1) is 13.0. The van der Waals surface area contributed by atoms with E-state index < -0.39 is 0 Å². The molecule has 1 fully saturated rings. The Kier molecular flexibility index (Phi) is 4.19. The molecule has 2 heteroatoms. The SMILES string of the molecule is CC1CC(NCC(C)(C)C(C)C)CN1C. The van der Waals surface area contributed by atoms with Gasteiger partial charge in [0.05, 0.1) is 0 Å². The maximum atomic E-state index is 3.72. The molecular formula is C13H28N2. The number of hydrogen-bond donors (Lipinski definition) is 1. The van der Waals surface area contributed by atoms with Gasteiger partial charge in [0.1, 0.15) is 0 Å². The molecule has 1 saturated heterocycles. The average molecular weight is 212 g/mol. The second kappa shape index (κ2) is 4.84. The van der Waals surface area contributed by atoms with Crippen molar-refractivity contribution in [2.24, 2.45) is 11.3 Å². The van der Waals surface area contributed by atoms with Crippen molar-refractivity contribution >= 4 is 0 Å². The van der Waals surface area contributed by atoms with Crippen LogP contribution in [0.5, 0.6) is 0 Å². The Morgan fingerprint density at radius 3 is 2.40 bits per heavy atom. The van der Waals surface area contributed by atoms with Crippen molar-refractivity contribution in [2.45, 2.75) is 53.1 Å². The third-order valence-corrected chi connectivity index (χ3v) is 4.30. The van der Waals surface area contributed by atoms with Crippen molar-refractivity contribution < 1.29 is 0 Å². The fourth-order valence-electron chi connectivity index (χ4n) is 1.95. The second-order valence-electron chi connectivity index (χ2n) is 6.25. The number of hydrogen-bond acceptors (Lipinski definition) is 2.